The number of hydrogen-bond donors (Lipinski definition) is 1. The first-order valence-electron chi connectivity index (χ1n) is 34.1. The molecule has 1 N–H and O–H groups in total. The lowest BCUT2D eigenvalue weighted by atomic mass is 11.8. The minimum Gasteiger partial charge on any atom is -0.444 e. The third-order valence-corrected chi connectivity index (χ3v) is 116. The minimum absolute atomic E-state index is 1.20. The fraction of sp³-hybridized carbons (Fsp3) is 1.00. The molecule has 0 aliphatic rings. The fourth-order valence-corrected chi connectivity index (χ4v) is 105. The van der Waals surface area contributed by atoms with E-state index in [4.69, 9.17) is 123 Å². The lowest BCUT2D eigenvalue weighted by Gasteiger charge is -2.29. The summed E-state index contributed by atoms with van der Waals surface area (Å²) in [6.07, 6.45) is 0. The van der Waals surface area contributed by atoms with Gasteiger partial charge in [-0.15, -0.1) is 0 Å². The van der Waals surface area contributed by atoms with Crippen molar-refractivity contribution in [2.75, 3.05) is 0 Å². The van der Waals surface area contributed by atoms with E-state index in [0.29, 0.717) is 0 Å². The van der Waals surface area contributed by atoms with E-state index in [-0.39, 0.29) is 0 Å². The van der Waals surface area contributed by atoms with Crippen LogP contribution in [0.2, 0.25) is 223 Å². The van der Waals surface area contributed by atoms with Gasteiger partial charge in [-0.05, 0) is 196 Å². The van der Waals surface area contributed by atoms with Gasteiger partial charge in [0.05, 0.1) is 7.59 Å². The average molecular weight is 1940 g/mol. The monoisotopic (exact) mass is 1930 g/mol. The summed E-state index contributed by atoms with van der Waals surface area (Å²) >= 11 is 0. The molecule has 0 aromatic carbocycles. The second-order valence-corrected chi connectivity index (χ2v) is 105. The summed E-state index contributed by atoms with van der Waals surface area (Å²) in [4.78, 5) is 9.58. The van der Waals surface area contributed by atoms with Gasteiger partial charge >= 0.3 is 9.28 Å². The van der Waals surface area contributed by atoms with E-state index in [1.165, 1.54) is 0 Å². The van der Waals surface area contributed by atoms with Crippen molar-refractivity contribution >= 4 is 295 Å². The largest absolute Gasteiger partial charge is 0.444 e. The zero-order valence-corrected chi connectivity index (χ0v) is 102. The van der Waals surface area contributed by atoms with Gasteiger partial charge in [-0.25, -0.2) is 0 Å². The van der Waals surface area contributed by atoms with E-state index in [9.17, 15) is 4.80 Å². The van der Waals surface area contributed by atoms with Crippen molar-refractivity contribution in [1.29, 1.82) is 0 Å². The van der Waals surface area contributed by atoms with Gasteiger partial charge in [0.15, 0.2) is 0 Å². The Bertz CT molecular complexity index is 1950. The summed E-state index contributed by atoms with van der Waals surface area (Å²) in [5, 5.41) is 0. The van der Waals surface area contributed by atoms with Crippen molar-refractivity contribution in [1.82, 2.24) is 0 Å². The highest BCUT2D eigenvalue weighted by molar-refractivity contribution is 7.29. The lowest BCUT2D eigenvalue weighted by Crippen LogP contribution is -2.47. The third-order valence-electron chi connectivity index (χ3n) is 12.7. The molecule has 31 nitrogen and oxygen atoms in total. The van der Waals surface area contributed by atoms with Crippen LogP contribution in [0.5, 0.6) is 0 Å². The maximum atomic E-state index is 9.58. The maximum absolute atomic E-state index is 9.58. The molecular weight excluding hydrogens is 1800 g/mol. The maximum Gasteiger partial charge on any atom is 0.306 e. The van der Waals surface area contributed by atoms with Crippen LogP contribution in [0.1, 0.15) is 0 Å². The minimum atomic E-state index is -2.12. The molecule has 584 valence electrons. The van der Waals surface area contributed by atoms with Crippen LogP contribution in [0.15, 0.2) is 0 Å². The first kappa shape index (κ1) is 103. The van der Waals surface area contributed by atoms with Crippen LogP contribution in [0.4, 0.5) is 0 Å². The van der Waals surface area contributed by atoms with E-state index in [2.05, 4.69) is 39.3 Å². The quantitative estimate of drug-likeness (QED) is 0.0585. The topological polar surface area (TPSA) is 297 Å². The summed E-state index contributed by atoms with van der Waals surface area (Å²) in [7, 11) is -62.2. The summed E-state index contributed by atoms with van der Waals surface area (Å²) in [6, 6.07) is 0. The normalized spacial score (nSPS) is 22.5. The van der Waals surface area contributed by atoms with Gasteiger partial charge < -0.3 is 128 Å². The smallest absolute Gasteiger partial charge is 0.306 e. The van der Waals surface area contributed by atoms with Crippen molar-refractivity contribution in [3.05, 3.63) is 0 Å². The molecule has 0 amide bonds. The van der Waals surface area contributed by atoms with E-state index in [1.807, 2.05) is 177 Å². The second-order valence-electron chi connectivity index (χ2n) is 24.2. The molecule has 63 heteroatoms. The standard InChI is InChI=1S/C34H134O31Si32/c1-66(35)36-67(2)37-68(3)38-69(4)39-70(5)40-71(6)41-72(7)42-73(8)43-74(9)44-75(10)45-76(11)46-77(12)47-78(13)48-79(14)49-80(15)50-81(16)51-82(17)52-83(18)53-84(19)54-85(20)55-86(21)56-87(22)57-88(23)58-89(24)59-90(25)60-91(26)61-92(27)62-93(28)63-94(29)64-95(30)65-96(31)97(32,33)34/h35,66-96H,1-34H3. The predicted octanol–water partition coefficient (Wildman–Crippen LogP) is -3.24. The van der Waals surface area contributed by atoms with E-state index < -0.39 is 295 Å². The van der Waals surface area contributed by atoms with Crippen molar-refractivity contribution in [2.45, 2.75) is 223 Å². The van der Waals surface area contributed by atoms with E-state index in [1.54, 1.807) is 6.55 Å². The summed E-state index contributed by atoms with van der Waals surface area (Å²) < 4.78 is 187. The molecule has 0 fully saturated rings. The Hall–Kier alpha value is 5.70. The van der Waals surface area contributed by atoms with Crippen LogP contribution in [-0.4, -0.2) is 299 Å². The van der Waals surface area contributed by atoms with Gasteiger partial charge in [0.2, 0.25) is 0 Å². The SMILES string of the molecule is C[SiH](O)O[SiH](C)O[SiH](C)O[SiH](C)O[SiH](C)O[SiH](C)O[SiH](C)O[SiH](C)O[SiH](C)O[SiH](C)O[SiH](C)O[SiH](C)O[SiH](C)O[SiH](C)O[SiH](C)O[SiH](C)O[SiH](C)O[SiH](C)O[SiH](C)O[SiH](C)O[SiH](C)O[SiH](C)O[SiH](C)O[SiH](C)O[SiH](C)O[SiH](C)O[SiH](C)O[SiH](C)O[SiH](C)O[SiH](C)O[SiH](C)[Si](C)(C)C. The number of rotatable bonds is 61. The molecule has 0 aromatic heterocycles. The molecule has 0 heterocycles. The molecule has 0 radical (unpaired) electrons. The summed E-state index contributed by atoms with van der Waals surface area (Å²) in [5.74, 6) is 0. The van der Waals surface area contributed by atoms with Crippen molar-refractivity contribution in [2.24, 2.45) is 0 Å². The highest BCUT2D eigenvalue weighted by atomic mass is 29.2. The Morgan fingerprint density at radius 1 is 0.134 bits per heavy atom. The Kier molecular flexibility index (Phi) is 60.2. The molecule has 31 unspecified atom stereocenters. The van der Waals surface area contributed by atoms with Crippen molar-refractivity contribution in [3.8, 4) is 0 Å². The average Bonchev–Trinajstić information content (AvgIpc) is 1.06. The molecule has 0 aliphatic carbocycles. The molecule has 0 spiro atoms. The highest BCUT2D eigenvalue weighted by Gasteiger charge is 2.33. The molecule has 0 bridgehead atoms. The van der Waals surface area contributed by atoms with Crippen molar-refractivity contribution in [3.63, 3.8) is 0 Å². The molecular formula is C34H134O31Si32. The van der Waals surface area contributed by atoms with E-state index >= 15 is 0 Å². The summed E-state index contributed by atoms with van der Waals surface area (Å²) in [6.45, 7) is 69.3. The molecule has 0 rings (SSSR count). The molecule has 97 heavy (non-hydrogen) atoms. The zero-order valence-electron chi connectivity index (χ0n) is 65.1. The van der Waals surface area contributed by atoms with Crippen LogP contribution >= 0.6 is 0 Å². The summed E-state index contributed by atoms with van der Waals surface area (Å²) in [5.41, 5.74) is 0. The Labute approximate surface area is 639 Å². The molecule has 31 atom stereocenters. The first-order chi connectivity index (χ1) is 44.8. The third kappa shape index (κ3) is 58.3. The van der Waals surface area contributed by atoms with Crippen LogP contribution < -0.4 is 0 Å². The van der Waals surface area contributed by atoms with Gasteiger partial charge in [0.25, 0.3) is 269 Å². The predicted molar refractivity (Wildman–Crippen MR) is 462 cm³/mol. The second kappa shape index (κ2) is 56.8. The number of hydrogen-bond acceptors (Lipinski definition) is 31. The zero-order chi connectivity index (χ0) is 74.6. The van der Waals surface area contributed by atoms with Gasteiger partial charge in [0.1, 0.15) is 8.56 Å². The van der Waals surface area contributed by atoms with Gasteiger partial charge in [-0.1, -0.05) is 26.2 Å². The Morgan fingerprint density at radius 2 is 0.206 bits per heavy atom. The molecule has 0 aliphatic heterocycles. The Balaban J connectivity index is 4.53. The fourth-order valence-electron chi connectivity index (χ4n) is 9.26. The van der Waals surface area contributed by atoms with Gasteiger partial charge in [-0.2, -0.15) is 0 Å². The van der Waals surface area contributed by atoms with Crippen LogP contribution in [0, 0.1) is 0 Å². The molecule has 0 saturated heterocycles. The lowest BCUT2D eigenvalue weighted by molar-refractivity contribution is 0.299. The van der Waals surface area contributed by atoms with Crippen LogP contribution in [-0.2, 0) is 123 Å². The van der Waals surface area contributed by atoms with Gasteiger partial charge in [-0.3, -0.25) is 0 Å². The van der Waals surface area contributed by atoms with E-state index in [0.717, 1.165) is 0 Å². The van der Waals surface area contributed by atoms with Gasteiger partial charge in [0, 0.05) is 0 Å². The highest BCUT2D eigenvalue weighted by Crippen LogP contribution is 2.14. The Morgan fingerprint density at radius 3 is 0.278 bits per heavy atom. The molecule has 0 saturated carbocycles. The molecule has 0 aromatic rings. The van der Waals surface area contributed by atoms with Crippen molar-refractivity contribution < 1.29 is 128 Å². The first-order valence-corrected chi connectivity index (χ1v) is 104. The van der Waals surface area contributed by atoms with Crippen LogP contribution in [0.25, 0.3) is 0 Å². The van der Waals surface area contributed by atoms with Crippen LogP contribution in [0.3, 0.4) is 0 Å².